The Kier molecular flexibility index (Phi) is 4.34. The molecule has 0 aliphatic carbocycles. The van der Waals surface area contributed by atoms with Gasteiger partial charge in [-0.3, -0.25) is 4.90 Å². The first kappa shape index (κ1) is 16.7. The summed E-state index contributed by atoms with van der Waals surface area (Å²) in [7, 11) is -1.22. The van der Waals surface area contributed by atoms with Gasteiger partial charge in [-0.15, -0.1) is 11.3 Å². The third-order valence-electron chi connectivity index (χ3n) is 4.73. The van der Waals surface area contributed by atoms with Crippen molar-refractivity contribution in [3.63, 3.8) is 0 Å². The topological polar surface area (TPSA) is 91.3 Å². The molecule has 4 heterocycles. The summed E-state index contributed by atoms with van der Waals surface area (Å²) in [6, 6.07) is 1.61. The Morgan fingerprint density at radius 2 is 2.00 bits per heavy atom. The molecular weight excluding hydrogens is 360 g/mol. The molecular formula is C15H20N6O2S2. The number of hydrogen-bond acceptors (Lipinski definition) is 9. The Balaban J connectivity index is 1.58. The van der Waals surface area contributed by atoms with E-state index in [4.69, 9.17) is 0 Å². The fraction of sp³-hybridized carbons (Fsp3) is 0.533. The lowest BCUT2D eigenvalue weighted by Gasteiger charge is -2.43. The molecule has 0 saturated carbocycles. The Labute approximate surface area is 150 Å². The van der Waals surface area contributed by atoms with Gasteiger partial charge in [0, 0.05) is 50.5 Å². The molecule has 0 amide bonds. The van der Waals surface area contributed by atoms with Crippen molar-refractivity contribution < 1.29 is 8.42 Å². The molecule has 8 nitrogen and oxygen atoms in total. The molecule has 0 unspecified atom stereocenters. The fourth-order valence-electron chi connectivity index (χ4n) is 3.61. The van der Waals surface area contributed by atoms with Crippen LogP contribution in [0.25, 0.3) is 0 Å². The van der Waals surface area contributed by atoms with E-state index in [1.54, 1.807) is 29.8 Å². The van der Waals surface area contributed by atoms with Crippen molar-refractivity contribution in [2.24, 2.45) is 0 Å². The molecule has 2 aromatic heterocycles. The summed E-state index contributed by atoms with van der Waals surface area (Å²) in [4.78, 5) is 17.4. The number of nitrogens with zero attached hydrogens (tertiary/aromatic N) is 5. The average molecular weight is 380 g/mol. The van der Waals surface area contributed by atoms with Crippen LogP contribution in [0.5, 0.6) is 0 Å². The predicted molar refractivity (Wildman–Crippen MR) is 97.7 cm³/mol. The fourth-order valence-corrected chi connectivity index (χ4v) is 6.29. The zero-order chi connectivity index (χ0) is 17.4. The minimum Gasteiger partial charge on any atom is -0.365 e. The Morgan fingerprint density at radius 3 is 2.72 bits per heavy atom. The molecule has 1 N–H and O–H groups in total. The number of anilines is 2. The van der Waals surface area contributed by atoms with Gasteiger partial charge >= 0.3 is 0 Å². The standard InChI is InChI=1S/C15H20N6O2S2/c1-16-15-19-11(8-24-15)7-20-5-6-21(14-17-3-2-4-18-14)13-10-25(22,23)9-12(13)20/h2-4,8,12-13H,5-7,9-10H2,1H3,(H,16,19)/t12-,13+/m0/s1. The summed E-state index contributed by atoms with van der Waals surface area (Å²) in [5.74, 6) is 0.954. The van der Waals surface area contributed by atoms with E-state index in [9.17, 15) is 8.42 Å². The number of sulfone groups is 1. The zero-order valence-electron chi connectivity index (χ0n) is 13.9. The molecule has 4 rings (SSSR count). The van der Waals surface area contributed by atoms with E-state index in [0.29, 0.717) is 19.0 Å². The number of nitrogens with one attached hydrogen (secondary N) is 1. The van der Waals surface area contributed by atoms with Crippen LogP contribution >= 0.6 is 11.3 Å². The highest BCUT2D eigenvalue weighted by molar-refractivity contribution is 7.91. The predicted octanol–water partition coefficient (Wildman–Crippen LogP) is 0.463. The number of fused-ring (bicyclic) bond motifs is 1. The van der Waals surface area contributed by atoms with Crippen LogP contribution in [-0.2, 0) is 16.4 Å². The summed E-state index contributed by atoms with van der Waals surface area (Å²) in [6.45, 7) is 2.14. The van der Waals surface area contributed by atoms with Crippen molar-refractivity contribution in [3.8, 4) is 0 Å². The highest BCUT2D eigenvalue weighted by Gasteiger charge is 2.47. The molecule has 25 heavy (non-hydrogen) atoms. The number of rotatable bonds is 4. The van der Waals surface area contributed by atoms with Crippen LogP contribution < -0.4 is 10.2 Å². The maximum Gasteiger partial charge on any atom is 0.225 e. The van der Waals surface area contributed by atoms with Crippen LogP contribution in [0.1, 0.15) is 5.69 Å². The van der Waals surface area contributed by atoms with Crippen molar-refractivity contribution in [2.45, 2.75) is 18.6 Å². The summed E-state index contributed by atoms with van der Waals surface area (Å²) in [5.41, 5.74) is 0.974. The number of piperazine rings is 1. The third-order valence-corrected chi connectivity index (χ3v) is 7.34. The quantitative estimate of drug-likeness (QED) is 0.818. The Bertz CT molecular complexity index is 841. The monoisotopic (exact) mass is 380 g/mol. The molecule has 134 valence electrons. The van der Waals surface area contributed by atoms with Crippen LogP contribution in [-0.4, -0.2) is 72.0 Å². The SMILES string of the molecule is CNc1nc(CN2CCN(c3ncccn3)[C@@H]3CS(=O)(=O)C[C@@H]32)cs1. The molecule has 10 heteroatoms. The summed E-state index contributed by atoms with van der Waals surface area (Å²) >= 11 is 1.56. The van der Waals surface area contributed by atoms with Crippen LogP contribution in [0.3, 0.4) is 0 Å². The summed E-state index contributed by atoms with van der Waals surface area (Å²) in [5, 5.41) is 5.94. The minimum atomic E-state index is -3.06. The van der Waals surface area contributed by atoms with E-state index < -0.39 is 9.84 Å². The molecule has 0 spiro atoms. The number of thiazole rings is 1. The first-order valence-electron chi connectivity index (χ1n) is 8.16. The molecule has 2 aliphatic rings. The van der Waals surface area contributed by atoms with Gasteiger partial charge < -0.3 is 10.2 Å². The summed E-state index contributed by atoms with van der Waals surface area (Å²) in [6.07, 6.45) is 3.39. The van der Waals surface area contributed by atoms with Gasteiger partial charge in [0.2, 0.25) is 5.95 Å². The second-order valence-electron chi connectivity index (χ2n) is 6.32. The largest absolute Gasteiger partial charge is 0.365 e. The number of hydrogen-bond donors (Lipinski definition) is 1. The van der Waals surface area contributed by atoms with E-state index >= 15 is 0 Å². The van der Waals surface area contributed by atoms with Gasteiger partial charge in [0.15, 0.2) is 15.0 Å². The van der Waals surface area contributed by atoms with E-state index in [1.807, 2.05) is 17.3 Å². The molecule has 0 bridgehead atoms. The molecule has 2 aliphatic heterocycles. The van der Waals surface area contributed by atoms with Crippen LogP contribution in [0, 0.1) is 0 Å². The van der Waals surface area contributed by atoms with Crippen LogP contribution in [0.2, 0.25) is 0 Å². The maximum atomic E-state index is 12.3. The van der Waals surface area contributed by atoms with Crippen molar-refractivity contribution in [3.05, 3.63) is 29.5 Å². The molecule has 2 saturated heterocycles. The lowest BCUT2D eigenvalue weighted by molar-refractivity contribution is 0.157. The van der Waals surface area contributed by atoms with Gasteiger partial charge in [-0.1, -0.05) is 0 Å². The zero-order valence-corrected chi connectivity index (χ0v) is 15.5. The van der Waals surface area contributed by atoms with Crippen molar-refractivity contribution >= 4 is 32.3 Å². The van der Waals surface area contributed by atoms with E-state index in [1.165, 1.54) is 0 Å². The lowest BCUT2D eigenvalue weighted by Crippen LogP contribution is -2.59. The first-order valence-corrected chi connectivity index (χ1v) is 10.9. The van der Waals surface area contributed by atoms with Crippen molar-refractivity contribution in [1.29, 1.82) is 0 Å². The highest BCUT2D eigenvalue weighted by Crippen LogP contribution is 2.30. The van der Waals surface area contributed by atoms with E-state index in [-0.39, 0.29) is 23.6 Å². The molecule has 2 fully saturated rings. The van der Waals surface area contributed by atoms with Gasteiger partial charge in [-0.25, -0.2) is 23.4 Å². The smallest absolute Gasteiger partial charge is 0.225 e. The Morgan fingerprint density at radius 1 is 1.24 bits per heavy atom. The van der Waals surface area contributed by atoms with Gasteiger partial charge in [-0.05, 0) is 6.07 Å². The molecule has 2 aromatic rings. The molecule has 0 aromatic carbocycles. The minimum absolute atomic E-state index is 0.0534. The molecule has 2 atom stereocenters. The van der Waals surface area contributed by atoms with Gasteiger partial charge in [0.25, 0.3) is 0 Å². The Hall–Kier alpha value is -1.78. The second kappa shape index (κ2) is 6.50. The van der Waals surface area contributed by atoms with Crippen LogP contribution in [0.4, 0.5) is 11.1 Å². The van der Waals surface area contributed by atoms with Crippen molar-refractivity contribution in [2.75, 3.05) is 41.9 Å². The van der Waals surface area contributed by atoms with Gasteiger partial charge in [-0.2, -0.15) is 0 Å². The lowest BCUT2D eigenvalue weighted by atomic mass is 10.0. The van der Waals surface area contributed by atoms with Gasteiger partial charge in [0.05, 0.1) is 23.2 Å². The van der Waals surface area contributed by atoms with Crippen molar-refractivity contribution in [1.82, 2.24) is 19.9 Å². The molecule has 0 radical (unpaired) electrons. The first-order chi connectivity index (χ1) is 12.1. The number of aromatic nitrogens is 3. The second-order valence-corrected chi connectivity index (χ2v) is 9.33. The maximum absolute atomic E-state index is 12.3. The highest BCUT2D eigenvalue weighted by atomic mass is 32.2. The van der Waals surface area contributed by atoms with E-state index in [2.05, 4.69) is 25.2 Å². The van der Waals surface area contributed by atoms with E-state index in [0.717, 1.165) is 17.4 Å². The third kappa shape index (κ3) is 3.33. The summed E-state index contributed by atoms with van der Waals surface area (Å²) < 4.78 is 24.6. The van der Waals surface area contributed by atoms with Gasteiger partial charge in [0.1, 0.15) is 0 Å². The average Bonchev–Trinajstić information content (AvgIpc) is 3.19. The normalized spacial score (nSPS) is 25.7. The van der Waals surface area contributed by atoms with Crippen LogP contribution in [0.15, 0.2) is 23.8 Å².